The fraction of sp³-hybridized carbons (Fsp3) is 0.158. The lowest BCUT2D eigenvalue weighted by atomic mass is 10.2. The summed E-state index contributed by atoms with van der Waals surface area (Å²) in [7, 11) is 0. The predicted molar refractivity (Wildman–Crippen MR) is 111 cm³/mol. The molecule has 0 saturated heterocycles. The maximum atomic E-state index is 12.1. The molecule has 0 fully saturated rings. The van der Waals surface area contributed by atoms with Crippen LogP contribution >= 0.6 is 22.7 Å². The Kier molecular flexibility index (Phi) is 6.37. The van der Waals surface area contributed by atoms with Crippen LogP contribution in [0.2, 0.25) is 0 Å². The summed E-state index contributed by atoms with van der Waals surface area (Å²) in [6, 6.07) is 9.38. The Morgan fingerprint density at radius 2 is 2.00 bits per heavy atom. The van der Waals surface area contributed by atoms with E-state index in [1.807, 2.05) is 16.8 Å². The van der Waals surface area contributed by atoms with Crippen LogP contribution in [0.3, 0.4) is 0 Å². The number of hydrogen-bond donors (Lipinski definition) is 3. The number of hydrogen-bond acceptors (Lipinski definition) is 7. The van der Waals surface area contributed by atoms with Crippen LogP contribution in [0.1, 0.15) is 27.0 Å². The number of amides is 2. The summed E-state index contributed by atoms with van der Waals surface area (Å²) < 4.78 is 0. The average Bonchev–Trinajstić information content (AvgIpc) is 3.39. The maximum absolute atomic E-state index is 12.1. The first-order valence-corrected chi connectivity index (χ1v) is 10.2. The molecule has 2 heterocycles. The number of rotatable bonds is 6. The molecule has 2 aromatic heterocycles. The first-order valence-electron chi connectivity index (χ1n) is 8.48. The summed E-state index contributed by atoms with van der Waals surface area (Å²) in [6.07, 6.45) is -0.718. The third-order valence-electron chi connectivity index (χ3n) is 4.11. The van der Waals surface area contributed by atoms with Crippen LogP contribution in [-0.2, 0) is 16.1 Å². The molecule has 3 N–H and O–H groups in total. The van der Waals surface area contributed by atoms with Gasteiger partial charge in [-0.05, 0) is 53.1 Å². The minimum Gasteiger partial charge on any atom is -0.383 e. The Morgan fingerprint density at radius 1 is 1.21 bits per heavy atom. The smallest absolute Gasteiger partial charge is 0.313 e. The van der Waals surface area contributed by atoms with Crippen LogP contribution in [0.25, 0.3) is 0 Å². The molecule has 29 heavy (non-hydrogen) atoms. The molecule has 3 rings (SSSR count). The number of aliphatic hydroxyl groups excluding tert-OH is 1. The molecule has 150 valence electrons. The van der Waals surface area contributed by atoms with E-state index in [1.165, 1.54) is 40.9 Å². The highest BCUT2D eigenvalue weighted by atomic mass is 32.1. The molecule has 0 aliphatic rings. The van der Waals surface area contributed by atoms with Crippen LogP contribution in [0.4, 0.5) is 11.4 Å². The number of carbonyl (C=O) groups excluding carboxylic acids is 2. The Bertz CT molecular complexity index is 1050. The Hall–Kier alpha value is -3.08. The van der Waals surface area contributed by atoms with Crippen LogP contribution in [-0.4, -0.2) is 21.8 Å². The van der Waals surface area contributed by atoms with Crippen molar-refractivity contribution in [2.45, 2.75) is 19.6 Å². The van der Waals surface area contributed by atoms with E-state index in [9.17, 15) is 24.8 Å². The largest absolute Gasteiger partial charge is 0.383 e. The summed E-state index contributed by atoms with van der Waals surface area (Å²) in [5.74, 6) is -1.69. The second-order valence-corrected chi connectivity index (χ2v) is 8.14. The molecule has 0 saturated carbocycles. The Morgan fingerprint density at radius 3 is 2.66 bits per heavy atom. The summed E-state index contributed by atoms with van der Waals surface area (Å²) in [4.78, 5) is 35.9. The number of anilines is 1. The summed E-state index contributed by atoms with van der Waals surface area (Å²) in [6.45, 7) is 1.75. The minimum atomic E-state index is -0.864. The van der Waals surface area contributed by atoms with Gasteiger partial charge in [0.05, 0.1) is 11.5 Å². The van der Waals surface area contributed by atoms with E-state index in [-0.39, 0.29) is 12.2 Å². The molecule has 8 nitrogen and oxygen atoms in total. The van der Waals surface area contributed by atoms with Crippen LogP contribution in [0.5, 0.6) is 0 Å². The van der Waals surface area contributed by atoms with E-state index in [2.05, 4.69) is 10.6 Å². The van der Waals surface area contributed by atoms with Gasteiger partial charge in [0.25, 0.3) is 5.69 Å². The number of nitro benzene ring substituents is 1. The number of nitrogens with one attached hydrogen (secondary N) is 2. The van der Waals surface area contributed by atoms with Crippen LogP contribution in [0, 0.1) is 17.0 Å². The molecule has 0 radical (unpaired) electrons. The van der Waals surface area contributed by atoms with Crippen molar-refractivity contribution in [2.24, 2.45) is 0 Å². The molecule has 0 aliphatic heterocycles. The van der Waals surface area contributed by atoms with Gasteiger partial charge in [0.15, 0.2) is 0 Å². The number of nitro groups is 1. The quantitative estimate of drug-likeness (QED) is 0.314. The number of aryl methyl sites for hydroxylation is 1. The number of thiophene rings is 2. The molecule has 0 spiro atoms. The second kappa shape index (κ2) is 8.95. The zero-order chi connectivity index (χ0) is 21.0. The van der Waals surface area contributed by atoms with Crippen molar-refractivity contribution in [3.63, 3.8) is 0 Å². The minimum absolute atomic E-state index is 0.0944. The van der Waals surface area contributed by atoms with Crippen molar-refractivity contribution in [3.05, 3.63) is 78.2 Å². The van der Waals surface area contributed by atoms with Crippen LogP contribution in [0.15, 0.2) is 47.2 Å². The topological polar surface area (TPSA) is 122 Å². The SMILES string of the molecule is Cc1cc([N+](=O)[O-])ccc1NC(=O)C(=O)NCc1ccc(C(O)c2ccsc2)s1. The van der Waals surface area contributed by atoms with E-state index < -0.39 is 22.8 Å². The summed E-state index contributed by atoms with van der Waals surface area (Å²) in [5.41, 5.74) is 1.52. The fourth-order valence-corrected chi connectivity index (χ4v) is 4.21. The van der Waals surface area contributed by atoms with Gasteiger partial charge in [0.1, 0.15) is 6.10 Å². The van der Waals surface area contributed by atoms with E-state index in [1.54, 1.807) is 19.1 Å². The van der Waals surface area contributed by atoms with E-state index >= 15 is 0 Å². The van der Waals surface area contributed by atoms with Crippen molar-refractivity contribution in [3.8, 4) is 0 Å². The highest BCUT2D eigenvalue weighted by molar-refractivity contribution is 7.12. The lowest BCUT2D eigenvalue weighted by Crippen LogP contribution is -2.34. The standard InChI is InChI=1S/C19H17N3O5S2/c1-11-8-13(22(26)27)2-4-15(11)21-19(25)18(24)20-9-14-3-5-16(29-14)17(23)12-6-7-28-10-12/h2-8,10,17,23H,9H2,1H3,(H,20,24)(H,21,25). The van der Waals surface area contributed by atoms with Gasteiger partial charge in [0.2, 0.25) is 0 Å². The normalized spacial score (nSPS) is 11.7. The Balaban J connectivity index is 1.56. The van der Waals surface area contributed by atoms with Gasteiger partial charge in [-0.2, -0.15) is 11.3 Å². The molecule has 2 amide bonds. The van der Waals surface area contributed by atoms with Crippen molar-refractivity contribution in [1.82, 2.24) is 5.32 Å². The van der Waals surface area contributed by atoms with Gasteiger partial charge in [-0.15, -0.1) is 11.3 Å². The third kappa shape index (κ3) is 5.05. The summed E-state index contributed by atoms with van der Waals surface area (Å²) >= 11 is 2.85. The van der Waals surface area contributed by atoms with Gasteiger partial charge in [-0.3, -0.25) is 19.7 Å². The molecular weight excluding hydrogens is 414 g/mol. The van der Waals surface area contributed by atoms with E-state index in [4.69, 9.17) is 0 Å². The molecule has 3 aromatic rings. The van der Waals surface area contributed by atoms with Crippen molar-refractivity contribution >= 4 is 45.9 Å². The molecule has 1 atom stereocenters. The van der Waals surface area contributed by atoms with E-state index in [0.717, 1.165) is 15.3 Å². The average molecular weight is 431 g/mol. The highest BCUT2D eigenvalue weighted by Crippen LogP contribution is 2.29. The number of aliphatic hydroxyl groups is 1. The zero-order valence-electron chi connectivity index (χ0n) is 15.2. The number of carbonyl (C=O) groups is 2. The fourth-order valence-electron chi connectivity index (χ4n) is 2.56. The lowest BCUT2D eigenvalue weighted by molar-refractivity contribution is -0.384. The van der Waals surface area contributed by atoms with Gasteiger partial charge in [-0.1, -0.05) is 0 Å². The van der Waals surface area contributed by atoms with Crippen molar-refractivity contribution < 1.29 is 19.6 Å². The molecule has 10 heteroatoms. The van der Waals surface area contributed by atoms with Crippen LogP contribution < -0.4 is 10.6 Å². The van der Waals surface area contributed by atoms with Gasteiger partial charge >= 0.3 is 11.8 Å². The van der Waals surface area contributed by atoms with Gasteiger partial charge < -0.3 is 15.7 Å². The number of nitrogens with zero attached hydrogens (tertiary/aromatic N) is 1. The zero-order valence-corrected chi connectivity index (χ0v) is 16.9. The maximum Gasteiger partial charge on any atom is 0.313 e. The van der Waals surface area contributed by atoms with Gasteiger partial charge in [-0.25, -0.2) is 0 Å². The molecule has 1 aromatic carbocycles. The second-order valence-electron chi connectivity index (χ2n) is 6.16. The molecule has 0 bridgehead atoms. The van der Waals surface area contributed by atoms with Crippen molar-refractivity contribution in [2.75, 3.05) is 5.32 Å². The first-order chi connectivity index (χ1) is 13.8. The van der Waals surface area contributed by atoms with Crippen molar-refractivity contribution in [1.29, 1.82) is 0 Å². The first kappa shape index (κ1) is 20.6. The Labute approximate surface area is 174 Å². The van der Waals surface area contributed by atoms with E-state index in [0.29, 0.717) is 11.3 Å². The monoisotopic (exact) mass is 431 g/mol. The third-order valence-corrected chi connectivity index (χ3v) is 5.95. The highest BCUT2D eigenvalue weighted by Gasteiger charge is 2.17. The summed E-state index contributed by atoms with van der Waals surface area (Å²) in [5, 5.41) is 29.8. The molecule has 1 unspecified atom stereocenters. The number of benzene rings is 1. The predicted octanol–water partition coefficient (Wildman–Crippen LogP) is 3.36. The lowest BCUT2D eigenvalue weighted by Gasteiger charge is -2.08. The number of non-ortho nitro benzene ring substituents is 1. The van der Waals surface area contributed by atoms with Gasteiger partial charge in [0, 0.05) is 27.6 Å². The molecule has 0 aliphatic carbocycles. The molecular formula is C19H17N3O5S2.